The molecule has 0 bridgehead atoms. The molecule has 42 heavy (non-hydrogen) atoms. The first-order chi connectivity index (χ1) is 20.5. The van der Waals surface area contributed by atoms with Crippen LogP contribution < -0.4 is 27.4 Å². The highest BCUT2D eigenvalue weighted by atomic mass is 16.2. The predicted octanol–water partition coefficient (Wildman–Crippen LogP) is 4.84. The molecule has 0 aliphatic heterocycles. The molecular formula is C34H61N5O3. The number of nitrogens with one attached hydrogen (secondary N) is 3. The van der Waals surface area contributed by atoms with Crippen LogP contribution in [0.1, 0.15) is 142 Å². The predicted molar refractivity (Wildman–Crippen MR) is 174 cm³/mol. The van der Waals surface area contributed by atoms with E-state index in [9.17, 15) is 14.4 Å². The van der Waals surface area contributed by atoms with Crippen molar-refractivity contribution < 1.29 is 14.4 Å². The van der Waals surface area contributed by atoms with Gasteiger partial charge in [-0.05, 0) is 37.5 Å². The van der Waals surface area contributed by atoms with Crippen molar-refractivity contribution in [3.8, 4) is 23.7 Å². The lowest BCUT2D eigenvalue weighted by Crippen LogP contribution is -2.48. The fourth-order valence-electron chi connectivity index (χ4n) is 4.55. The lowest BCUT2D eigenvalue weighted by atomic mass is 10.1. The summed E-state index contributed by atoms with van der Waals surface area (Å²) < 4.78 is 0. The molecule has 0 saturated heterocycles. The highest BCUT2D eigenvalue weighted by Crippen LogP contribution is 2.11. The van der Waals surface area contributed by atoms with Crippen molar-refractivity contribution in [1.82, 2.24) is 16.0 Å². The quantitative estimate of drug-likeness (QED) is 0.0691. The highest BCUT2D eigenvalue weighted by Gasteiger charge is 2.21. The van der Waals surface area contributed by atoms with Gasteiger partial charge in [-0.3, -0.25) is 14.4 Å². The lowest BCUT2D eigenvalue weighted by Gasteiger charge is -2.18. The molecule has 1 atom stereocenters. The fourth-order valence-corrected chi connectivity index (χ4v) is 4.55. The molecule has 0 spiro atoms. The van der Waals surface area contributed by atoms with E-state index in [4.69, 9.17) is 11.5 Å². The van der Waals surface area contributed by atoms with Crippen LogP contribution in [0.2, 0.25) is 0 Å². The summed E-state index contributed by atoms with van der Waals surface area (Å²) in [4.78, 5) is 36.6. The van der Waals surface area contributed by atoms with Gasteiger partial charge in [0, 0.05) is 51.9 Å². The normalized spacial score (nSPS) is 11.0. The molecule has 0 aliphatic rings. The molecule has 0 radical (unpaired) electrons. The van der Waals surface area contributed by atoms with E-state index in [-0.39, 0.29) is 30.6 Å². The second-order valence-electron chi connectivity index (χ2n) is 11.0. The van der Waals surface area contributed by atoms with Gasteiger partial charge < -0.3 is 27.4 Å². The van der Waals surface area contributed by atoms with Crippen molar-refractivity contribution in [3.63, 3.8) is 0 Å². The lowest BCUT2D eigenvalue weighted by molar-refractivity contribution is -0.129. The summed E-state index contributed by atoms with van der Waals surface area (Å²) in [6, 6.07) is -0.752. The summed E-state index contributed by atoms with van der Waals surface area (Å²) in [7, 11) is 0. The number of hydrogen-bond acceptors (Lipinski definition) is 5. The molecule has 240 valence electrons. The monoisotopic (exact) mass is 587 g/mol. The molecular weight excluding hydrogens is 526 g/mol. The average molecular weight is 588 g/mol. The third-order valence-electron chi connectivity index (χ3n) is 7.07. The zero-order chi connectivity index (χ0) is 30.9. The molecule has 8 heteroatoms. The van der Waals surface area contributed by atoms with Crippen LogP contribution in [0.25, 0.3) is 0 Å². The molecule has 7 N–H and O–H groups in total. The second kappa shape index (κ2) is 31.4. The Morgan fingerprint density at radius 2 is 1.07 bits per heavy atom. The van der Waals surface area contributed by atoms with E-state index >= 15 is 0 Å². The largest absolute Gasteiger partial charge is 0.355 e. The summed E-state index contributed by atoms with van der Waals surface area (Å²) in [5.74, 6) is 11.6. The molecule has 0 aromatic heterocycles. The van der Waals surface area contributed by atoms with Crippen LogP contribution in [0.15, 0.2) is 0 Å². The number of hydrogen-bond donors (Lipinski definition) is 5. The van der Waals surface area contributed by atoms with E-state index in [2.05, 4.69) is 46.6 Å². The Hall–Kier alpha value is -2.55. The molecule has 8 nitrogen and oxygen atoms in total. The molecule has 0 aromatic carbocycles. The van der Waals surface area contributed by atoms with Gasteiger partial charge in [0.25, 0.3) is 0 Å². The average Bonchev–Trinajstić information content (AvgIpc) is 2.99. The van der Waals surface area contributed by atoms with Gasteiger partial charge >= 0.3 is 0 Å². The second-order valence-corrected chi connectivity index (χ2v) is 11.0. The number of rotatable bonds is 27. The summed E-state index contributed by atoms with van der Waals surface area (Å²) in [5, 5.41) is 8.14. The minimum atomic E-state index is -0.752. The van der Waals surface area contributed by atoms with Crippen molar-refractivity contribution in [1.29, 1.82) is 0 Å². The number of carbonyl (C=O) groups is 3. The maximum Gasteiger partial charge on any atom is 0.242 e. The van der Waals surface area contributed by atoms with Crippen molar-refractivity contribution in [3.05, 3.63) is 0 Å². The summed E-state index contributed by atoms with van der Waals surface area (Å²) in [6.45, 7) is 3.63. The van der Waals surface area contributed by atoms with E-state index in [1.54, 1.807) is 0 Å². The van der Waals surface area contributed by atoms with Gasteiger partial charge in [-0.15, -0.1) is 0 Å². The number of nitrogens with two attached hydrogens (primary N) is 2. The maximum atomic E-state index is 12.4. The van der Waals surface area contributed by atoms with Crippen LogP contribution in [0.4, 0.5) is 0 Å². The minimum Gasteiger partial charge on any atom is -0.355 e. The maximum absolute atomic E-state index is 12.4. The molecule has 3 amide bonds. The summed E-state index contributed by atoms with van der Waals surface area (Å²) >= 11 is 0. The van der Waals surface area contributed by atoms with E-state index < -0.39 is 6.04 Å². The zero-order valence-electron chi connectivity index (χ0n) is 26.6. The van der Waals surface area contributed by atoms with Crippen LogP contribution in [0.3, 0.4) is 0 Å². The summed E-state index contributed by atoms with van der Waals surface area (Å²) in [6.07, 6.45) is 22.2. The van der Waals surface area contributed by atoms with Crippen LogP contribution in [0.5, 0.6) is 0 Å². The Morgan fingerprint density at radius 1 is 0.595 bits per heavy atom. The highest BCUT2D eigenvalue weighted by molar-refractivity contribution is 5.88. The van der Waals surface area contributed by atoms with Gasteiger partial charge in [-0.2, -0.15) is 0 Å². The third kappa shape index (κ3) is 27.6. The Kier molecular flexibility index (Phi) is 29.5. The molecule has 0 unspecified atom stereocenters. The van der Waals surface area contributed by atoms with Crippen LogP contribution in [0, 0.1) is 23.7 Å². The van der Waals surface area contributed by atoms with E-state index in [1.165, 1.54) is 64.2 Å². The van der Waals surface area contributed by atoms with E-state index in [0.717, 1.165) is 51.4 Å². The van der Waals surface area contributed by atoms with Gasteiger partial charge in [0.2, 0.25) is 17.7 Å². The molecule has 0 heterocycles. The third-order valence-corrected chi connectivity index (χ3v) is 7.07. The van der Waals surface area contributed by atoms with Crippen LogP contribution >= 0.6 is 0 Å². The van der Waals surface area contributed by atoms with Gasteiger partial charge in [0.05, 0.1) is 0 Å². The minimum absolute atomic E-state index is 0.136. The van der Waals surface area contributed by atoms with Gasteiger partial charge in [0.15, 0.2) is 0 Å². The molecule has 0 aliphatic carbocycles. The first-order valence-corrected chi connectivity index (χ1v) is 16.7. The smallest absolute Gasteiger partial charge is 0.242 e. The SMILES string of the molecule is CCCCCCCCCCCCC#CC#CCCCCCCCCC(=O)N[C@@H](CCC(=O)NCCN)C(=O)NCCN. The van der Waals surface area contributed by atoms with E-state index in [1.807, 2.05) is 0 Å². The van der Waals surface area contributed by atoms with Crippen molar-refractivity contribution in [2.45, 2.75) is 148 Å². The van der Waals surface area contributed by atoms with Crippen molar-refractivity contribution in [2.24, 2.45) is 11.5 Å². The Bertz CT molecular complexity index is 809. The number of carbonyl (C=O) groups excluding carboxylic acids is 3. The first-order valence-electron chi connectivity index (χ1n) is 16.7. The van der Waals surface area contributed by atoms with E-state index in [0.29, 0.717) is 32.6 Å². The van der Waals surface area contributed by atoms with Crippen molar-refractivity contribution in [2.75, 3.05) is 26.2 Å². The first kappa shape index (κ1) is 39.5. The summed E-state index contributed by atoms with van der Waals surface area (Å²) in [5.41, 5.74) is 10.9. The molecule has 0 aromatic rings. The Morgan fingerprint density at radius 3 is 1.60 bits per heavy atom. The van der Waals surface area contributed by atoms with Gasteiger partial charge in [-0.1, -0.05) is 102 Å². The molecule has 0 rings (SSSR count). The van der Waals surface area contributed by atoms with Crippen molar-refractivity contribution >= 4 is 17.7 Å². The number of amides is 3. The zero-order valence-corrected chi connectivity index (χ0v) is 26.6. The van der Waals surface area contributed by atoms with Gasteiger partial charge in [0.1, 0.15) is 6.04 Å². The standard InChI is InChI=1S/C34H61N5O3/c1-2-3-4-5-6-7-8-9-10-11-12-13-14-15-16-17-18-19-20-21-22-23-24-33(41)39-31(34(42)38-30-28-36)25-26-32(40)37-29-27-35/h31H,2-12,17-30,35-36H2,1H3,(H,37,40)(H,38,42)(H,39,41)/t31-/m0/s1. The fraction of sp³-hybridized carbons (Fsp3) is 0.794. The van der Waals surface area contributed by atoms with Gasteiger partial charge in [-0.25, -0.2) is 0 Å². The Balaban J connectivity index is 3.83. The Labute approximate surface area is 257 Å². The molecule has 0 saturated carbocycles. The number of unbranched alkanes of at least 4 members (excludes halogenated alkanes) is 16. The van der Waals surface area contributed by atoms with Crippen LogP contribution in [-0.4, -0.2) is 49.9 Å². The molecule has 0 fully saturated rings. The topological polar surface area (TPSA) is 139 Å². The van der Waals surface area contributed by atoms with Crippen LogP contribution in [-0.2, 0) is 14.4 Å².